The summed E-state index contributed by atoms with van der Waals surface area (Å²) in [6.07, 6.45) is 0. The minimum absolute atomic E-state index is 0.298. The third-order valence-electron chi connectivity index (χ3n) is 3.89. The van der Waals surface area contributed by atoms with Gasteiger partial charge >= 0.3 is 0 Å². The Balaban J connectivity index is 2.12. The van der Waals surface area contributed by atoms with Crippen molar-refractivity contribution in [2.24, 2.45) is 0 Å². The number of rotatable bonds is 5. The van der Waals surface area contributed by atoms with Gasteiger partial charge in [-0.25, -0.2) is 22.0 Å². The molecule has 2 aromatic rings. The van der Waals surface area contributed by atoms with Gasteiger partial charge in [-0.2, -0.15) is 0 Å². The number of benzene rings is 2. The fourth-order valence-electron chi connectivity index (χ4n) is 2.55. The molecule has 26 heavy (non-hydrogen) atoms. The summed E-state index contributed by atoms with van der Waals surface area (Å²) in [7, 11) is 1.34. The van der Waals surface area contributed by atoms with Crippen LogP contribution in [0.15, 0.2) is 18.2 Å². The van der Waals surface area contributed by atoms with E-state index in [2.05, 4.69) is 5.32 Å². The number of carbonyl (C=O) groups excluding carboxylic acids is 1. The number of anilines is 1. The normalized spacial score (nSPS) is 11.1. The van der Waals surface area contributed by atoms with E-state index < -0.39 is 47.1 Å². The highest BCUT2D eigenvalue weighted by Gasteiger charge is 2.26. The first-order valence-electron chi connectivity index (χ1n) is 7.68. The summed E-state index contributed by atoms with van der Waals surface area (Å²) in [4.78, 5) is 13.3. The first-order valence-corrected chi connectivity index (χ1v) is 7.68. The Bertz CT molecular complexity index is 805. The minimum atomic E-state index is -2.21. The van der Waals surface area contributed by atoms with Crippen LogP contribution in [0.1, 0.15) is 16.7 Å². The molecule has 0 radical (unpaired) electrons. The average Bonchev–Trinajstić information content (AvgIpc) is 2.58. The van der Waals surface area contributed by atoms with Crippen LogP contribution < -0.4 is 5.32 Å². The van der Waals surface area contributed by atoms with Crippen LogP contribution in [0, 0.1) is 42.9 Å². The van der Waals surface area contributed by atoms with Crippen molar-refractivity contribution in [3.63, 3.8) is 0 Å². The molecule has 0 heterocycles. The standard InChI is InChI=1S/C18H17F5N2O/c1-9-5-4-6-10(2)18(9)24-12(26)8-25(3)7-11-13(19)15(21)17(23)16(22)14(11)20/h4-6H,7-8H2,1-3H3,(H,24,26). The van der Waals surface area contributed by atoms with Crippen molar-refractivity contribution in [1.29, 1.82) is 0 Å². The average molecular weight is 372 g/mol. The van der Waals surface area contributed by atoms with Gasteiger partial charge in [-0.15, -0.1) is 0 Å². The summed E-state index contributed by atoms with van der Waals surface area (Å²) >= 11 is 0. The summed E-state index contributed by atoms with van der Waals surface area (Å²) in [5, 5.41) is 2.68. The number of halogens is 5. The highest BCUT2D eigenvalue weighted by molar-refractivity contribution is 5.93. The van der Waals surface area contributed by atoms with E-state index >= 15 is 0 Å². The number of likely N-dealkylation sites (N-methyl/N-ethyl adjacent to an activating group) is 1. The van der Waals surface area contributed by atoms with Gasteiger partial charge < -0.3 is 5.32 Å². The molecule has 0 aromatic heterocycles. The molecule has 3 nitrogen and oxygen atoms in total. The van der Waals surface area contributed by atoms with Crippen LogP contribution in [0.5, 0.6) is 0 Å². The molecule has 1 N–H and O–H groups in total. The zero-order chi connectivity index (χ0) is 19.6. The summed E-state index contributed by atoms with van der Waals surface area (Å²) in [5.41, 5.74) is 1.30. The highest BCUT2D eigenvalue weighted by Crippen LogP contribution is 2.24. The molecule has 0 unspecified atom stereocenters. The van der Waals surface area contributed by atoms with Crippen molar-refractivity contribution < 1.29 is 26.7 Å². The lowest BCUT2D eigenvalue weighted by molar-refractivity contribution is -0.117. The van der Waals surface area contributed by atoms with Gasteiger partial charge in [-0.1, -0.05) is 18.2 Å². The Hall–Kier alpha value is -2.48. The summed E-state index contributed by atoms with van der Waals surface area (Å²) in [5.74, 6) is -10.5. The lowest BCUT2D eigenvalue weighted by Crippen LogP contribution is -2.31. The maximum atomic E-state index is 13.7. The van der Waals surface area contributed by atoms with Gasteiger partial charge in [0.05, 0.1) is 6.54 Å². The van der Waals surface area contributed by atoms with E-state index in [-0.39, 0.29) is 6.54 Å². The molecule has 2 aromatic carbocycles. The van der Waals surface area contributed by atoms with Gasteiger partial charge in [0, 0.05) is 17.8 Å². The maximum absolute atomic E-state index is 13.7. The lowest BCUT2D eigenvalue weighted by atomic mass is 10.1. The Morgan fingerprint density at radius 2 is 1.38 bits per heavy atom. The highest BCUT2D eigenvalue weighted by atomic mass is 19.2. The number of hydrogen-bond acceptors (Lipinski definition) is 2. The van der Waals surface area contributed by atoms with Gasteiger partial charge in [-0.3, -0.25) is 9.69 Å². The molecule has 0 spiro atoms. The van der Waals surface area contributed by atoms with Gasteiger partial charge in [0.2, 0.25) is 11.7 Å². The molecule has 0 aliphatic rings. The Labute approximate surface area is 147 Å². The summed E-state index contributed by atoms with van der Waals surface area (Å²) in [6.45, 7) is 2.70. The molecule has 1 amide bonds. The monoisotopic (exact) mass is 372 g/mol. The Morgan fingerprint density at radius 3 is 1.88 bits per heavy atom. The zero-order valence-electron chi connectivity index (χ0n) is 14.4. The fourth-order valence-corrected chi connectivity index (χ4v) is 2.55. The number of carbonyl (C=O) groups is 1. The van der Waals surface area contributed by atoms with Crippen molar-refractivity contribution >= 4 is 11.6 Å². The van der Waals surface area contributed by atoms with E-state index in [1.54, 1.807) is 26.0 Å². The Morgan fingerprint density at radius 1 is 0.923 bits per heavy atom. The van der Waals surface area contributed by atoms with E-state index in [0.29, 0.717) is 5.69 Å². The van der Waals surface area contributed by atoms with Crippen molar-refractivity contribution in [1.82, 2.24) is 4.90 Å². The second-order valence-corrected chi connectivity index (χ2v) is 6.04. The zero-order valence-corrected chi connectivity index (χ0v) is 14.4. The molecule has 0 bridgehead atoms. The van der Waals surface area contributed by atoms with E-state index in [1.807, 2.05) is 6.07 Å². The number of para-hydroxylation sites is 1. The third kappa shape index (κ3) is 4.01. The molecule has 0 atom stereocenters. The van der Waals surface area contributed by atoms with Gasteiger partial charge in [0.15, 0.2) is 23.3 Å². The maximum Gasteiger partial charge on any atom is 0.238 e. The number of amides is 1. The number of nitrogens with zero attached hydrogens (tertiary/aromatic N) is 1. The molecule has 140 valence electrons. The summed E-state index contributed by atoms with van der Waals surface area (Å²) in [6, 6.07) is 5.44. The SMILES string of the molecule is Cc1cccc(C)c1NC(=O)CN(C)Cc1c(F)c(F)c(F)c(F)c1F. The predicted molar refractivity (Wildman–Crippen MR) is 87.1 cm³/mol. The van der Waals surface area contributed by atoms with Crippen LogP contribution >= 0.6 is 0 Å². The second kappa shape index (κ2) is 7.82. The number of aryl methyl sites for hydroxylation is 2. The smallest absolute Gasteiger partial charge is 0.238 e. The van der Waals surface area contributed by atoms with Crippen molar-refractivity contribution in [3.8, 4) is 0 Å². The fraction of sp³-hybridized carbons (Fsp3) is 0.278. The van der Waals surface area contributed by atoms with Crippen LogP contribution in [0.4, 0.5) is 27.6 Å². The third-order valence-corrected chi connectivity index (χ3v) is 3.89. The molecule has 8 heteroatoms. The quantitative estimate of drug-likeness (QED) is 0.488. The molecule has 0 aliphatic carbocycles. The van der Waals surface area contributed by atoms with Crippen LogP contribution in [-0.4, -0.2) is 24.4 Å². The van der Waals surface area contributed by atoms with Crippen LogP contribution in [0.25, 0.3) is 0 Å². The first-order chi connectivity index (χ1) is 12.1. The van der Waals surface area contributed by atoms with Gasteiger partial charge in [-0.05, 0) is 32.0 Å². The summed E-state index contributed by atoms with van der Waals surface area (Å²) < 4.78 is 66.9. The van der Waals surface area contributed by atoms with E-state index in [4.69, 9.17) is 0 Å². The van der Waals surface area contributed by atoms with Gasteiger partial charge in [0.1, 0.15) is 0 Å². The molecule has 0 saturated heterocycles. The van der Waals surface area contributed by atoms with Crippen molar-refractivity contribution in [2.75, 3.05) is 18.9 Å². The molecule has 0 fully saturated rings. The van der Waals surface area contributed by atoms with Crippen molar-refractivity contribution in [3.05, 3.63) is 64.0 Å². The van der Waals surface area contributed by atoms with E-state index in [9.17, 15) is 26.7 Å². The minimum Gasteiger partial charge on any atom is -0.324 e. The van der Waals surface area contributed by atoms with E-state index in [0.717, 1.165) is 16.0 Å². The molecular formula is C18H17F5N2O. The molecule has 0 aliphatic heterocycles. The number of nitrogens with one attached hydrogen (secondary N) is 1. The lowest BCUT2D eigenvalue weighted by Gasteiger charge is -2.19. The van der Waals surface area contributed by atoms with Crippen LogP contribution in [0.2, 0.25) is 0 Å². The van der Waals surface area contributed by atoms with Crippen LogP contribution in [0.3, 0.4) is 0 Å². The second-order valence-electron chi connectivity index (χ2n) is 6.04. The molecule has 2 rings (SSSR count). The molecule has 0 saturated carbocycles. The first kappa shape index (κ1) is 19.8. The van der Waals surface area contributed by atoms with E-state index in [1.165, 1.54) is 7.05 Å². The molecular weight excluding hydrogens is 355 g/mol. The Kier molecular flexibility index (Phi) is 5.97. The predicted octanol–water partition coefficient (Wildman–Crippen LogP) is 4.07. The van der Waals surface area contributed by atoms with Crippen LogP contribution in [-0.2, 0) is 11.3 Å². The topological polar surface area (TPSA) is 32.3 Å². The van der Waals surface area contributed by atoms with Gasteiger partial charge in [0.25, 0.3) is 0 Å². The van der Waals surface area contributed by atoms with Crippen molar-refractivity contribution in [2.45, 2.75) is 20.4 Å². The number of hydrogen-bond donors (Lipinski definition) is 1. The largest absolute Gasteiger partial charge is 0.324 e.